The molecule has 0 bridgehead atoms. The third-order valence-corrected chi connectivity index (χ3v) is 1.55. The second kappa shape index (κ2) is 4.56. The lowest BCUT2D eigenvalue weighted by molar-refractivity contribution is 0.470. The van der Waals surface area contributed by atoms with E-state index in [4.69, 9.17) is 5.11 Å². The molecule has 1 aromatic carbocycles. The fraction of sp³-hybridized carbons (Fsp3) is 0.200. The minimum Gasteiger partial charge on any atom is -0.516 e. The highest BCUT2D eigenvalue weighted by atomic mass is 16.2. The van der Waals surface area contributed by atoms with Gasteiger partial charge in [0, 0.05) is 0 Å². The molecule has 0 saturated heterocycles. The maximum atomic E-state index is 8.36. The van der Waals surface area contributed by atoms with E-state index in [1.165, 1.54) is 5.56 Å². The molecule has 0 spiro atoms. The van der Waals surface area contributed by atoms with Crippen molar-refractivity contribution in [2.24, 2.45) is 0 Å². The molecule has 0 aliphatic heterocycles. The largest absolute Gasteiger partial charge is 0.516 e. The second-order valence-electron chi connectivity index (χ2n) is 2.41. The second-order valence-corrected chi connectivity index (χ2v) is 2.41. The SMILES string of the molecule is O/C=C/CCc1ccccc1. The first-order chi connectivity index (χ1) is 5.43. The Kier molecular flexibility index (Phi) is 3.26. The normalized spacial score (nSPS) is 10.5. The van der Waals surface area contributed by atoms with Crippen molar-refractivity contribution < 1.29 is 5.11 Å². The number of rotatable bonds is 3. The van der Waals surface area contributed by atoms with Gasteiger partial charge in [-0.2, -0.15) is 0 Å². The van der Waals surface area contributed by atoms with Gasteiger partial charge in [0.05, 0.1) is 6.26 Å². The monoisotopic (exact) mass is 148 g/mol. The van der Waals surface area contributed by atoms with Gasteiger partial charge in [-0.05, 0) is 24.5 Å². The molecule has 1 N–H and O–H groups in total. The highest BCUT2D eigenvalue weighted by molar-refractivity contribution is 5.14. The molecule has 1 heteroatoms. The van der Waals surface area contributed by atoms with Crippen LogP contribution in [0.4, 0.5) is 0 Å². The molecule has 1 nitrogen and oxygen atoms in total. The van der Waals surface area contributed by atoms with Crippen LogP contribution in [-0.2, 0) is 6.42 Å². The predicted molar refractivity (Wildman–Crippen MR) is 46.5 cm³/mol. The molecular formula is C10H12O. The van der Waals surface area contributed by atoms with Crippen LogP contribution in [-0.4, -0.2) is 5.11 Å². The molecule has 0 aromatic heterocycles. The summed E-state index contributed by atoms with van der Waals surface area (Å²) in [7, 11) is 0. The van der Waals surface area contributed by atoms with Crippen LogP contribution in [0, 0.1) is 0 Å². The highest BCUT2D eigenvalue weighted by Gasteiger charge is 1.86. The summed E-state index contributed by atoms with van der Waals surface area (Å²) in [4.78, 5) is 0. The maximum absolute atomic E-state index is 8.36. The Hall–Kier alpha value is -1.24. The van der Waals surface area contributed by atoms with Gasteiger partial charge in [0.25, 0.3) is 0 Å². The van der Waals surface area contributed by atoms with Crippen LogP contribution >= 0.6 is 0 Å². The van der Waals surface area contributed by atoms with Crippen molar-refractivity contribution in [3.8, 4) is 0 Å². The zero-order valence-electron chi connectivity index (χ0n) is 6.40. The predicted octanol–water partition coefficient (Wildman–Crippen LogP) is 2.69. The fourth-order valence-corrected chi connectivity index (χ4v) is 0.969. The molecule has 0 aliphatic carbocycles. The van der Waals surface area contributed by atoms with Crippen LogP contribution in [0.25, 0.3) is 0 Å². The molecule has 0 aliphatic rings. The van der Waals surface area contributed by atoms with Crippen molar-refractivity contribution in [1.29, 1.82) is 0 Å². The zero-order valence-corrected chi connectivity index (χ0v) is 6.40. The van der Waals surface area contributed by atoms with Crippen LogP contribution < -0.4 is 0 Å². The van der Waals surface area contributed by atoms with E-state index in [-0.39, 0.29) is 0 Å². The molecule has 1 aromatic rings. The Labute approximate surface area is 67.0 Å². The van der Waals surface area contributed by atoms with Gasteiger partial charge in [0.2, 0.25) is 0 Å². The van der Waals surface area contributed by atoms with Crippen LogP contribution in [0.3, 0.4) is 0 Å². The van der Waals surface area contributed by atoms with E-state index in [1.54, 1.807) is 6.08 Å². The summed E-state index contributed by atoms with van der Waals surface area (Å²) in [6.07, 6.45) is 4.76. The number of aryl methyl sites for hydroxylation is 1. The first-order valence-corrected chi connectivity index (χ1v) is 3.76. The lowest BCUT2D eigenvalue weighted by atomic mass is 10.1. The number of aliphatic hydroxyl groups excluding tert-OH is 1. The summed E-state index contributed by atoms with van der Waals surface area (Å²) in [6, 6.07) is 10.2. The van der Waals surface area contributed by atoms with Gasteiger partial charge in [0.1, 0.15) is 0 Å². The molecular weight excluding hydrogens is 136 g/mol. The summed E-state index contributed by atoms with van der Waals surface area (Å²) >= 11 is 0. The number of benzene rings is 1. The van der Waals surface area contributed by atoms with Crippen LogP contribution in [0.1, 0.15) is 12.0 Å². The Morgan fingerprint density at radius 1 is 1.18 bits per heavy atom. The molecule has 0 fully saturated rings. The smallest absolute Gasteiger partial charge is 0.0751 e. The van der Waals surface area contributed by atoms with E-state index in [0.717, 1.165) is 19.1 Å². The molecule has 0 amide bonds. The Morgan fingerprint density at radius 3 is 2.55 bits per heavy atom. The van der Waals surface area contributed by atoms with Gasteiger partial charge >= 0.3 is 0 Å². The van der Waals surface area contributed by atoms with E-state index in [9.17, 15) is 0 Å². The highest BCUT2D eigenvalue weighted by Crippen LogP contribution is 2.01. The lowest BCUT2D eigenvalue weighted by Crippen LogP contribution is -1.80. The molecule has 11 heavy (non-hydrogen) atoms. The average Bonchev–Trinajstić information content (AvgIpc) is 2.07. The van der Waals surface area contributed by atoms with Crippen LogP contribution in [0.15, 0.2) is 42.7 Å². The number of hydrogen-bond acceptors (Lipinski definition) is 1. The zero-order chi connectivity index (χ0) is 7.94. The lowest BCUT2D eigenvalue weighted by Gasteiger charge is -1.94. The van der Waals surface area contributed by atoms with Crippen molar-refractivity contribution in [1.82, 2.24) is 0 Å². The van der Waals surface area contributed by atoms with Gasteiger partial charge in [-0.1, -0.05) is 30.3 Å². The Morgan fingerprint density at radius 2 is 1.91 bits per heavy atom. The molecule has 0 atom stereocenters. The van der Waals surface area contributed by atoms with E-state index >= 15 is 0 Å². The number of aliphatic hydroxyl groups is 1. The molecule has 0 saturated carbocycles. The van der Waals surface area contributed by atoms with Gasteiger partial charge in [-0.25, -0.2) is 0 Å². The molecule has 0 radical (unpaired) electrons. The van der Waals surface area contributed by atoms with Gasteiger partial charge < -0.3 is 5.11 Å². The third kappa shape index (κ3) is 2.89. The van der Waals surface area contributed by atoms with Crippen molar-refractivity contribution in [3.05, 3.63) is 48.2 Å². The summed E-state index contributed by atoms with van der Waals surface area (Å²) in [6.45, 7) is 0. The first kappa shape index (κ1) is 7.86. The fourth-order valence-electron chi connectivity index (χ4n) is 0.969. The van der Waals surface area contributed by atoms with Crippen LogP contribution in [0.2, 0.25) is 0 Å². The Balaban J connectivity index is 2.39. The number of allylic oxidation sites excluding steroid dienone is 1. The maximum Gasteiger partial charge on any atom is 0.0751 e. The summed E-state index contributed by atoms with van der Waals surface area (Å²) in [5.41, 5.74) is 1.31. The Bertz CT molecular complexity index is 214. The summed E-state index contributed by atoms with van der Waals surface area (Å²) in [5.74, 6) is 0. The van der Waals surface area contributed by atoms with E-state index < -0.39 is 0 Å². The molecule has 58 valence electrons. The van der Waals surface area contributed by atoms with Gasteiger partial charge in [-0.3, -0.25) is 0 Å². The third-order valence-electron chi connectivity index (χ3n) is 1.55. The summed E-state index contributed by atoms with van der Waals surface area (Å²) < 4.78 is 0. The van der Waals surface area contributed by atoms with Gasteiger partial charge in [0.15, 0.2) is 0 Å². The summed E-state index contributed by atoms with van der Waals surface area (Å²) in [5, 5.41) is 8.36. The van der Waals surface area contributed by atoms with Crippen molar-refractivity contribution in [2.75, 3.05) is 0 Å². The van der Waals surface area contributed by atoms with Crippen molar-refractivity contribution in [2.45, 2.75) is 12.8 Å². The van der Waals surface area contributed by atoms with E-state index in [1.807, 2.05) is 18.2 Å². The van der Waals surface area contributed by atoms with Crippen molar-refractivity contribution in [3.63, 3.8) is 0 Å². The van der Waals surface area contributed by atoms with Crippen molar-refractivity contribution >= 4 is 0 Å². The minimum absolute atomic E-state index is 0.903. The van der Waals surface area contributed by atoms with Gasteiger partial charge in [-0.15, -0.1) is 0 Å². The van der Waals surface area contributed by atoms with E-state index in [2.05, 4.69) is 12.1 Å². The quantitative estimate of drug-likeness (QED) is 0.653. The molecule has 1 rings (SSSR count). The first-order valence-electron chi connectivity index (χ1n) is 3.76. The van der Waals surface area contributed by atoms with Crippen LogP contribution in [0.5, 0.6) is 0 Å². The molecule has 0 unspecified atom stereocenters. The number of hydrogen-bond donors (Lipinski definition) is 1. The topological polar surface area (TPSA) is 20.2 Å². The standard InChI is InChI=1S/C10H12O/c11-9-5-4-8-10-6-2-1-3-7-10/h1-3,5-7,9,11H,4,8H2/b9-5+. The average molecular weight is 148 g/mol. The van der Waals surface area contributed by atoms with E-state index in [0.29, 0.717) is 0 Å². The minimum atomic E-state index is 0.903. The molecule has 0 heterocycles.